The largest absolute Gasteiger partial charge is 0.398 e. The van der Waals surface area contributed by atoms with Gasteiger partial charge in [0.05, 0.1) is 0 Å². The van der Waals surface area contributed by atoms with Crippen molar-refractivity contribution in [3.8, 4) is 0 Å². The molecule has 2 aromatic carbocycles. The highest BCUT2D eigenvalue weighted by molar-refractivity contribution is 7.99. The van der Waals surface area contributed by atoms with Gasteiger partial charge in [0.2, 0.25) is 0 Å². The molecule has 2 rings (SSSR count). The summed E-state index contributed by atoms with van der Waals surface area (Å²) in [7, 11) is 4.07. The maximum absolute atomic E-state index is 13.0. The molecule has 0 saturated carbocycles. The molecular formula is C15H17FN2S. The Morgan fingerprint density at radius 1 is 1.11 bits per heavy atom. The minimum absolute atomic E-state index is 0.302. The predicted molar refractivity (Wildman–Crippen MR) is 78.8 cm³/mol. The first-order valence-electron chi connectivity index (χ1n) is 6.02. The van der Waals surface area contributed by atoms with Gasteiger partial charge >= 0.3 is 0 Å². The van der Waals surface area contributed by atoms with E-state index in [4.69, 9.17) is 5.73 Å². The molecule has 0 fully saturated rings. The van der Waals surface area contributed by atoms with Gasteiger partial charge in [-0.2, -0.15) is 0 Å². The molecule has 0 heterocycles. The summed E-state index contributed by atoms with van der Waals surface area (Å²) in [5, 5.41) is 0. The molecule has 0 aliphatic heterocycles. The number of hydrogen-bond acceptors (Lipinski definition) is 3. The monoisotopic (exact) mass is 275 g/mol. The van der Waals surface area contributed by atoms with E-state index in [1.807, 2.05) is 26.2 Å². The minimum Gasteiger partial charge on any atom is -0.398 e. The zero-order chi connectivity index (χ0) is 13.8. The highest BCUT2D eigenvalue weighted by Gasteiger charge is 2.07. The van der Waals surface area contributed by atoms with Crippen LogP contribution in [0.5, 0.6) is 0 Å². The fourth-order valence-corrected chi connectivity index (χ4v) is 2.77. The molecule has 100 valence electrons. The van der Waals surface area contributed by atoms with Crippen LogP contribution in [0.3, 0.4) is 0 Å². The van der Waals surface area contributed by atoms with Gasteiger partial charge in [-0.25, -0.2) is 4.39 Å². The van der Waals surface area contributed by atoms with Crippen molar-refractivity contribution in [2.24, 2.45) is 0 Å². The SMILES string of the molecule is CN(C)Cc1ccccc1Sc1ccc([18F])cc1N. The molecule has 0 saturated heterocycles. The Balaban J connectivity index is 2.27. The Labute approximate surface area is 117 Å². The fourth-order valence-electron chi connectivity index (χ4n) is 1.81. The van der Waals surface area contributed by atoms with Gasteiger partial charge in [-0.1, -0.05) is 30.0 Å². The molecule has 0 aromatic heterocycles. The molecular weight excluding hydrogens is 258 g/mol. The van der Waals surface area contributed by atoms with Crippen LogP contribution >= 0.6 is 11.8 Å². The number of nitrogen functional groups attached to an aromatic ring is 1. The van der Waals surface area contributed by atoms with E-state index >= 15 is 0 Å². The van der Waals surface area contributed by atoms with Crippen molar-refractivity contribution in [1.82, 2.24) is 4.90 Å². The van der Waals surface area contributed by atoms with Crippen LogP contribution in [0.25, 0.3) is 0 Å². The molecule has 0 amide bonds. The Hall–Kier alpha value is -1.52. The minimum atomic E-state index is -0.302. The second-order valence-electron chi connectivity index (χ2n) is 4.63. The third kappa shape index (κ3) is 3.72. The Morgan fingerprint density at radius 3 is 2.53 bits per heavy atom. The summed E-state index contributed by atoms with van der Waals surface area (Å²) in [5.41, 5.74) is 7.56. The second-order valence-corrected chi connectivity index (χ2v) is 5.71. The Kier molecular flexibility index (Phi) is 4.45. The van der Waals surface area contributed by atoms with Crippen molar-refractivity contribution >= 4 is 17.4 Å². The lowest BCUT2D eigenvalue weighted by molar-refractivity contribution is 0.399. The van der Waals surface area contributed by atoms with Crippen LogP contribution in [0.4, 0.5) is 10.1 Å². The van der Waals surface area contributed by atoms with E-state index in [0.717, 1.165) is 16.3 Å². The normalized spacial score (nSPS) is 10.9. The smallest absolute Gasteiger partial charge is 0.125 e. The Morgan fingerprint density at radius 2 is 1.84 bits per heavy atom. The molecule has 2 aromatic rings. The number of hydrogen-bond donors (Lipinski definition) is 1. The molecule has 19 heavy (non-hydrogen) atoms. The fraction of sp³-hybridized carbons (Fsp3) is 0.200. The van der Waals surface area contributed by atoms with Gasteiger partial charge in [-0.3, -0.25) is 0 Å². The highest BCUT2D eigenvalue weighted by atomic mass is 32.2. The quantitative estimate of drug-likeness (QED) is 0.864. The number of anilines is 1. The molecule has 4 heteroatoms. The molecule has 0 spiro atoms. The van der Waals surface area contributed by atoms with Crippen molar-refractivity contribution in [3.63, 3.8) is 0 Å². The van der Waals surface area contributed by atoms with E-state index in [-0.39, 0.29) is 5.82 Å². The van der Waals surface area contributed by atoms with Crippen molar-refractivity contribution in [2.45, 2.75) is 16.3 Å². The molecule has 0 unspecified atom stereocenters. The van der Waals surface area contributed by atoms with Crippen LogP contribution in [0.2, 0.25) is 0 Å². The average molecular weight is 275 g/mol. The third-order valence-corrected chi connectivity index (χ3v) is 3.86. The van der Waals surface area contributed by atoms with Crippen LogP contribution in [-0.2, 0) is 6.54 Å². The van der Waals surface area contributed by atoms with Crippen molar-refractivity contribution in [3.05, 3.63) is 53.8 Å². The Bertz CT molecular complexity index is 570. The zero-order valence-electron chi connectivity index (χ0n) is 11.1. The summed E-state index contributed by atoms with van der Waals surface area (Å²) in [6, 6.07) is 12.7. The maximum Gasteiger partial charge on any atom is 0.125 e. The molecule has 0 bridgehead atoms. The van der Waals surface area contributed by atoms with E-state index in [0.29, 0.717) is 5.69 Å². The van der Waals surface area contributed by atoms with Crippen LogP contribution < -0.4 is 5.73 Å². The van der Waals surface area contributed by atoms with E-state index in [1.54, 1.807) is 17.8 Å². The number of halogens is 1. The van der Waals surface area contributed by atoms with Gasteiger partial charge < -0.3 is 10.6 Å². The maximum atomic E-state index is 13.0. The standard InChI is InChI=1S/C15H17FN2S/c1-18(2)10-11-5-3-4-6-14(11)19-15-8-7-12(16)9-13(15)17/h3-9H,10,17H2,1-2H3/i16-1. The summed E-state index contributed by atoms with van der Waals surface area (Å²) in [4.78, 5) is 4.15. The van der Waals surface area contributed by atoms with Crippen LogP contribution in [0.15, 0.2) is 52.3 Å². The number of benzene rings is 2. The molecule has 0 aliphatic rings. The van der Waals surface area contributed by atoms with Gasteiger partial charge in [-0.05, 0) is 43.9 Å². The van der Waals surface area contributed by atoms with Gasteiger partial charge in [0.15, 0.2) is 0 Å². The predicted octanol–water partition coefficient (Wildman–Crippen LogP) is 3.62. The van der Waals surface area contributed by atoms with Crippen LogP contribution in [0, 0.1) is 5.82 Å². The lowest BCUT2D eigenvalue weighted by Gasteiger charge is -2.14. The molecule has 2 nitrogen and oxygen atoms in total. The zero-order valence-corrected chi connectivity index (χ0v) is 11.9. The average Bonchev–Trinajstić information content (AvgIpc) is 2.34. The van der Waals surface area contributed by atoms with E-state index in [1.165, 1.54) is 17.7 Å². The first-order chi connectivity index (χ1) is 9.06. The number of nitrogens with zero attached hydrogens (tertiary/aromatic N) is 1. The van der Waals surface area contributed by atoms with Crippen molar-refractivity contribution < 1.29 is 4.39 Å². The second kappa shape index (κ2) is 6.08. The van der Waals surface area contributed by atoms with Crippen molar-refractivity contribution in [2.75, 3.05) is 19.8 Å². The molecule has 0 radical (unpaired) electrons. The number of rotatable bonds is 4. The van der Waals surface area contributed by atoms with E-state index in [2.05, 4.69) is 17.0 Å². The number of nitrogens with two attached hydrogens (primary N) is 1. The topological polar surface area (TPSA) is 29.3 Å². The lowest BCUT2D eigenvalue weighted by Crippen LogP contribution is -2.11. The van der Waals surface area contributed by atoms with Crippen molar-refractivity contribution in [1.29, 1.82) is 0 Å². The first kappa shape index (κ1) is 13.9. The van der Waals surface area contributed by atoms with Gasteiger partial charge in [-0.15, -0.1) is 0 Å². The third-order valence-electron chi connectivity index (χ3n) is 2.65. The molecule has 0 aliphatic carbocycles. The summed E-state index contributed by atoms with van der Waals surface area (Å²) < 4.78 is 13.0. The molecule has 2 N–H and O–H groups in total. The first-order valence-corrected chi connectivity index (χ1v) is 6.83. The lowest BCUT2D eigenvalue weighted by atomic mass is 10.2. The van der Waals surface area contributed by atoms with Crippen LogP contribution in [0.1, 0.15) is 5.56 Å². The summed E-state index contributed by atoms with van der Waals surface area (Å²) in [5.74, 6) is -0.302. The van der Waals surface area contributed by atoms with E-state index in [9.17, 15) is 4.39 Å². The highest BCUT2D eigenvalue weighted by Crippen LogP contribution is 2.34. The molecule has 0 atom stereocenters. The van der Waals surface area contributed by atoms with Gasteiger partial charge in [0, 0.05) is 22.0 Å². The van der Waals surface area contributed by atoms with Crippen LogP contribution in [-0.4, -0.2) is 19.0 Å². The van der Waals surface area contributed by atoms with Gasteiger partial charge in [0.25, 0.3) is 0 Å². The van der Waals surface area contributed by atoms with Gasteiger partial charge in [0.1, 0.15) is 5.82 Å². The summed E-state index contributed by atoms with van der Waals surface area (Å²) in [6.07, 6.45) is 0. The summed E-state index contributed by atoms with van der Waals surface area (Å²) in [6.45, 7) is 0.865. The summed E-state index contributed by atoms with van der Waals surface area (Å²) >= 11 is 1.57. The van der Waals surface area contributed by atoms with E-state index < -0.39 is 0 Å².